The van der Waals surface area contributed by atoms with Crippen LogP contribution in [-0.2, 0) is 19.1 Å². The Bertz CT molecular complexity index is 321. The summed E-state index contributed by atoms with van der Waals surface area (Å²) in [5, 5.41) is 0. The first-order valence-electron chi connectivity index (χ1n) is 4.59. The molecule has 0 aromatic rings. The number of amides is 2. The van der Waals surface area contributed by atoms with Crippen LogP contribution < -0.4 is 17.2 Å². The number of carbonyl (C=O) groups is 3. The van der Waals surface area contributed by atoms with Crippen LogP contribution in [0.5, 0.6) is 0 Å². The molecule has 0 aromatic carbocycles. The van der Waals surface area contributed by atoms with Crippen molar-refractivity contribution in [3.05, 3.63) is 0 Å². The Morgan fingerprint density at radius 3 is 1.81 bits per heavy atom. The van der Waals surface area contributed by atoms with Crippen LogP contribution in [0.1, 0.15) is 27.2 Å². The number of carbonyl (C=O) groups excluding carboxylic acids is 3. The van der Waals surface area contributed by atoms with E-state index in [0.29, 0.717) is 0 Å². The first kappa shape index (κ1) is 14.4. The second kappa shape index (κ2) is 4.48. The van der Waals surface area contributed by atoms with Gasteiger partial charge in [-0.1, -0.05) is 0 Å². The Hall–Kier alpha value is -1.63. The van der Waals surface area contributed by atoms with Gasteiger partial charge in [-0.05, 0) is 20.8 Å². The Balaban J connectivity index is 4.99. The van der Waals surface area contributed by atoms with Crippen LogP contribution in [-0.4, -0.2) is 28.9 Å². The van der Waals surface area contributed by atoms with Crippen molar-refractivity contribution in [2.45, 2.75) is 38.3 Å². The molecule has 0 rings (SSSR count). The number of rotatable bonds is 4. The third kappa shape index (κ3) is 3.85. The summed E-state index contributed by atoms with van der Waals surface area (Å²) in [6.45, 7) is 4.78. The van der Waals surface area contributed by atoms with E-state index in [9.17, 15) is 14.4 Å². The molecule has 0 bridgehead atoms. The lowest BCUT2D eigenvalue weighted by Gasteiger charge is -2.27. The molecule has 2 amide bonds. The molecule has 0 saturated heterocycles. The zero-order valence-corrected chi connectivity index (χ0v) is 9.57. The molecule has 7 nitrogen and oxygen atoms in total. The molecule has 7 heteroatoms. The Kier molecular flexibility index (Phi) is 4.02. The lowest BCUT2D eigenvalue weighted by atomic mass is 9.95. The Labute approximate surface area is 93.3 Å². The van der Waals surface area contributed by atoms with Crippen molar-refractivity contribution in [3.63, 3.8) is 0 Å². The molecular formula is C9H17N3O4. The van der Waals surface area contributed by atoms with Gasteiger partial charge in [0.2, 0.25) is 17.4 Å². The predicted molar refractivity (Wildman–Crippen MR) is 55.8 cm³/mol. The van der Waals surface area contributed by atoms with E-state index in [4.69, 9.17) is 21.9 Å². The maximum atomic E-state index is 11.6. The third-order valence-corrected chi connectivity index (χ3v) is 1.66. The topological polar surface area (TPSA) is 138 Å². The minimum absolute atomic E-state index is 0.683. The Morgan fingerprint density at radius 2 is 1.56 bits per heavy atom. The molecule has 16 heavy (non-hydrogen) atoms. The molecule has 0 aliphatic carbocycles. The molecule has 0 aliphatic heterocycles. The van der Waals surface area contributed by atoms with Crippen LogP contribution in [0, 0.1) is 0 Å². The van der Waals surface area contributed by atoms with Crippen molar-refractivity contribution >= 4 is 17.8 Å². The summed E-state index contributed by atoms with van der Waals surface area (Å²) in [4.78, 5) is 33.4. The average Bonchev–Trinajstić information content (AvgIpc) is 1.98. The van der Waals surface area contributed by atoms with Crippen LogP contribution in [0.15, 0.2) is 0 Å². The van der Waals surface area contributed by atoms with Crippen LogP contribution in [0.25, 0.3) is 0 Å². The molecule has 0 heterocycles. The van der Waals surface area contributed by atoms with E-state index in [-0.39, 0.29) is 0 Å². The number of hydrogen-bond donors (Lipinski definition) is 3. The number of hydrogen-bond acceptors (Lipinski definition) is 5. The van der Waals surface area contributed by atoms with Gasteiger partial charge in [-0.15, -0.1) is 0 Å². The minimum atomic E-state index is -2.21. The monoisotopic (exact) mass is 231 g/mol. The van der Waals surface area contributed by atoms with Gasteiger partial charge in [-0.3, -0.25) is 9.59 Å². The summed E-state index contributed by atoms with van der Waals surface area (Å²) in [5.74, 6) is -3.13. The van der Waals surface area contributed by atoms with E-state index < -0.39 is 35.3 Å². The molecule has 0 unspecified atom stereocenters. The first-order chi connectivity index (χ1) is 6.99. The van der Waals surface area contributed by atoms with E-state index in [1.165, 1.54) is 0 Å². The number of esters is 1. The maximum Gasteiger partial charge on any atom is 0.337 e. The van der Waals surface area contributed by atoms with Crippen molar-refractivity contribution < 1.29 is 19.1 Å². The highest BCUT2D eigenvalue weighted by Crippen LogP contribution is 2.15. The van der Waals surface area contributed by atoms with Gasteiger partial charge < -0.3 is 21.9 Å². The molecule has 92 valence electrons. The van der Waals surface area contributed by atoms with E-state index >= 15 is 0 Å². The molecule has 0 aliphatic rings. The van der Waals surface area contributed by atoms with Gasteiger partial charge >= 0.3 is 5.97 Å². The summed E-state index contributed by atoms with van der Waals surface area (Å²) in [5.41, 5.74) is 12.2. The zero-order valence-electron chi connectivity index (χ0n) is 9.57. The van der Waals surface area contributed by atoms with Crippen molar-refractivity contribution in [2.75, 3.05) is 0 Å². The lowest BCUT2D eigenvalue weighted by Crippen LogP contribution is -2.61. The normalized spacial score (nSPS) is 15.0. The summed E-state index contributed by atoms with van der Waals surface area (Å²) in [7, 11) is 0. The highest BCUT2D eigenvalue weighted by Gasteiger charge is 2.45. The van der Waals surface area contributed by atoms with Gasteiger partial charge in [0.05, 0.1) is 6.42 Å². The van der Waals surface area contributed by atoms with E-state index in [2.05, 4.69) is 0 Å². The van der Waals surface area contributed by atoms with Crippen LogP contribution >= 0.6 is 0 Å². The predicted octanol–water partition coefficient (Wildman–Crippen LogP) is -1.61. The van der Waals surface area contributed by atoms with Gasteiger partial charge in [0.1, 0.15) is 5.60 Å². The molecule has 0 spiro atoms. The summed E-state index contributed by atoms with van der Waals surface area (Å²) in [6, 6.07) is 0. The van der Waals surface area contributed by atoms with E-state index in [0.717, 1.165) is 0 Å². The van der Waals surface area contributed by atoms with Gasteiger partial charge in [-0.25, -0.2) is 4.79 Å². The fourth-order valence-corrected chi connectivity index (χ4v) is 0.904. The van der Waals surface area contributed by atoms with Gasteiger partial charge in [-0.2, -0.15) is 0 Å². The quantitative estimate of drug-likeness (QED) is 0.394. The third-order valence-electron chi connectivity index (χ3n) is 1.66. The van der Waals surface area contributed by atoms with E-state index in [1.807, 2.05) is 0 Å². The summed E-state index contributed by atoms with van der Waals surface area (Å²) >= 11 is 0. The fraction of sp³-hybridized carbons (Fsp3) is 0.667. The number of ether oxygens (including phenoxy) is 1. The highest BCUT2D eigenvalue weighted by molar-refractivity contribution is 6.09. The smallest absolute Gasteiger partial charge is 0.337 e. The second-order valence-electron chi connectivity index (χ2n) is 4.48. The minimum Gasteiger partial charge on any atom is -0.458 e. The number of primary amides is 2. The van der Waals surface area contributed by atoms with Gasteiger partial charge in [0.25, 0.3) is 0 Å². The highest BCUT2D eigenvalue weighted by atomic mass is 16.6. The molecule has 0 saturated carbocycles. The zero-order chi connectivity index (χ0) is 13.1. The van der Waals surface area contributed by atoms with Crippen LogP contribution in [0.2, 0.25) is 0 Å². The molecule has 6 N–H and O–H groups in total. The van der Waals surface area contributed by atoms with Crippen molar-refractivity contribution in [2.24, 2.45) is 17.2 Å². The van der Waals surface area contributed by atoms with E-state index in [1.54, 1.807) is 20.8 Å². The van der Waals surface area contributed by atoms with Gasteiger partial charge in [0.15, 0.2) is 0 Å². The maximum absolute atomic E-state index is 11.6. The average molecular weight is 231 g/mol. The van der Waals surface area contributed by atoms with Crippen LogP contribution in [0.3, 0.4) is 0 Å². The summed E-state index contributed by atoms with van der Waals surface area (Å²) < 4.78 is 4.89. The number of nitrogens with two attached hydrogens (primary N) is 3. The summed E-state index contributed by atoms with van der Waals surface area (Å²) in [6.07, 6.45) is -0.683. The second-order valence-corrected chi connectivity index (χ2v) is 4.48. The SMILES string of the molecule is CC(C)(C)OC(=O)[C@](N)(CC(N)=O)C(N)=O. The lowest BCUT2D eigenvalue weighted by molar-refractivity contribution is -0.165. The van der Waals surface area contributed by atoms with Crippen molar-refractivity contribution in [3.8, 4) is 0 Å². The van der Waals surface area contributed by atoms with Crippen LogP contribution in [0.4, 0.5) is 0 Å². The molecule has 0 radical (unpaired) electrons. The molecule has 0 aromatic heterocycles. The van der Waals surface area contributed by atoms with Gasteiger partial charge in [0, 0.05) is 0 Å². The largest absolute Gasteiger partial charge is 0.458 e. The Morgan fingerprint density at radius 1 is 1.12 bits per heavy atom. The van der Waals surface area contributed by atoms with Crippen molar-refractivity contribution in [1.29, 1.82) is 0 Å². The standard InChI is InChI=1S/C9H17N3O4/c1-8(2,3)16-7(15)9(12,6(11)14)4-5(10)13/h4,12H2,1-3H3,(H2,10,13)(H2,11,14)/t9-/m0/s1. The molecule has 1 atom stereocenters. The molecular weight excluding hydrogens is 214 g/mol. The first-order valence-corrected chi connectivity index (χ1v) is 4.59. The molecule has 0 fully saturated rings. The fourth-order valence-electron chi connectivity index (χ4n) is 0.904. The van der Waals surface area contributed by atoms with Crippen molar-refractivity contribution in [1.82, 2.24) is 0 Å².